The second kappa shape index (κ2) is 10.3. The van der Waals surface area contributed by atoms with Gasteiger partial charge in [-0.3, -0.25) is 14.0 Å². The van der Waals surface area contributed by atoms with Crippen molar-refractivity contribution in [3.63, 3.8) is 0 Å². The van der Waals surface area contributed by atoms with Gasteiger partial charge in [-0.05, 0) is 47.6 Å². The average molecular weight is 482 g/mol. The molecule has 1 aliphatic heterocycles. The summed E-state index contributed by atoms with van der Waals surface area (Å²) in [4.78, 5) is 32.7. The number of nitrogens with zero attached hydrogens (tertiary/aromatic N) is 3. The molecule has 7 nitrogen and oxygen atoms in total. The monoisotopic (exact) mass is 481 g/mol. The second-order valence-electron chi connectivity index (χ2n) is 11.6. The fourth-order valence-corrected chi connectivity index (χ4v) is 6.25. The molecule has 35 heavy (non-hydrogen) atoms. The van der Waals surface area contributed by atoms with Crippen LogP contribution in [0.1, 0.15) is 70.6 Å². The van der Waals surface area contributed by atoms with E-state index in [4.69, 9.17) is 0 Å². The number of amides is 2. The zero-order chi connectivity index (χ0) is 25.3. The molecule has 0 radical (unpaired) electrons. The predicted molar refractivity (Wildman–Crippen MR) is 139 cm³/mol. The van der Waals surface area contributed by atoms with E-state index in [-0.39, 0.29) is 18.2 Å². The number of carbonyl (C=O) groups excluding carboxylic acids is 2. The molecule has 4 atom stereocenters. The predicted octanol–water partition coefficient (Wildman–Crippen LogP) is 3.77. The summed E-state index contributed by atoms with van der Waals surface area (Å²) >= 11 is 0. The van der Waals surface area contributed by atoms with Crippen LogP contribution in [-0.2, 0) is 11.2 Å². The summed E-state index contributed by atoms with van der Waals surface area (Å²) in [5, 5.41) is 6.65. The van der Waals surface area contributed by atoms with Gasteiger partial charge >= 0.3 is 0 Å². The molecule has 2 aromatic rings. The highest BCUT2D eigenvalue weighted by atomic mass is 16.2. The van der Waals surface area contributed by atoms with Crippen LogP contribution >= 0.6 is 0 Å². The Hall–Kier alpha value is -2.41. The van der Waals surface area contributed by atoms with E-state index in [0.717, 1.165) is 25.6 Å². The van der Waals surface area contributed by atoms with Gasteiger partial charge in [0.25, 0.3) is 5.91 Å². The van der Waals surface area contributed by atoms with Crippen molar-refractivity contribution in [1.29, 1.82) is 0 Å². The summed E-state index contributed by atoms with van der Waals surface area (Å²) in [7, 11) is 0. The Morgan fingerprint density at radius 2 is 2.03 bits per heavy atom. The Morgan fingerprint density at radius 3 is 2.71 bits per heavy atom. The molecule has 2 amide bonds. The molecule has 4 rings (SSSR count). The zero-order valence-electron chi connectivity index (χ0n) is 22.3. The highest BCUT2D eigenvalue weighted by Crippen LogP contribution is 2.55. The van der Waals surface area contributed by atoms with E-state index >= 15 is 0 Å². The number of imidazole rings is 1. The molecule has 7 heteroatoms. The van der Waals surface area contributed by atoms with Crippen LogP contribution in [0.4, 0.5) is 0 Å². The molecule has 1 aliphatic carbocycles. The molecule has 2 fully saturated rings. The van der Waals surface area contributed by atoms with Crippen LogP contribution in [0.5, 0.6) is 0 Å². The number of hydrogen-bond acceptors (Lipinski definition) is 4. The SMILES string of the molecule is CC[C@@H]1C[C@H]([C@@H](C)CNC(=O)c2cccc3nc(CC(=O)N4CCN[C@H](C(C)C)C4)cn23)C1(C)C. The van der Waals surface area contributed by atoms with Crippen LogP contribution in [0.25, 0.3) is 5.65 Å². The number of nitrogens with one attached hydrogen (secondary N) is 2. The van der Waals surface area contributed by atoms with E-state index in [0.29, 0.717) is 52.8 Å². The molecule has 1 saturated heterocycles. The van der Waals surface area contributed by atoms with Gasteiger partial charge in [0.05, 0.1) is 12.1 Å². The third-order valence-electron chi connectivity index (χ3n) is 8.78. The highest BCUT2D eigenvalue weighted by Gasteiger charge is 2.48. The topological polar surface area (TPSA) is 78.7 Å². The quantitative estimate of drug-likeness (QED) is 0.602. The van der Waals surface area contributed by atoms with Crippen molar-refractivity contribution >= 4 is 17.5 Å². The lowest BCUT2D eigenvalue weighted by atomic mass is 9.51. The molecule has 2 aliphatic rings. The van der Waals surface area contributed by atoms with Crippen LogP contribution in [0.2, 0.25) is 0 Å². The second-order valence-corrected chi connectivity index (χ2v) is 11.6. The Balaban J connectivity index is 1.39. The van der Waals surface area contributed by atoms with Gasteiger partial charge in [-0.15, -0.1) is 0 Å². The zero-order valence-corrected chi connectivity index (χ0v) is 22.3. The fourth-order valence-electron chi connectivity index (χ4n) is 6.25. The van der Waals surface area contributed by atoms with Gasteiger partial charge in [0.1, 0.15) is 11.3 Å². The first-order chi connectivity index (χ1) is 16.6. The van der Waals surface area contributed by atoms with Crippen molar-refractivity contribution in [2.24, 2.45) is 29.1 Å². The summed E-state index contributed by atoms with van der Waals surface area (Å²) in [6.07, 6.45) is 4.57. The van der Waals surface area contributed by atoms with Gasteiger partial charge < -0.3 is 15.5 Å². The van der Waals surface area contributed by atoms with E-state index in [1.54, 1.807) is 0 Å². The molecule has 0 bridgehead atoms. The standard InChI is InChI=1S/C28H43N5O2/c1-7-20-13-22(28(20,5)6)19(4)15-30-27(35)24-9-8-10-25-31-21(16-33(24)25)14-26(34)32-12-11-29-23(17-32)18(2)3/h8-10,16,18-20,22-23,29H,7,11-15,17H2,1-6H3,(H,30,35)/t19-,20+,22+,23-/m0/s1. The number of piperazine rings is 1. The van der Waals surface area contributed by atoms with Gasteiger partial charge in [-0.1, -0.05) is 54.0 Å². The smallest absolute Gasteiger partial charge is 0.268 e. The van der Waals surface area contributed by atoms with Gasteiger partial charge in [-0.2, -0.15) is 0 Å². The van der Waals surface area contributed by atoms with Gasteiger partial charge in [0, 0.05) is 38.4 Å². The Bertz CT molecular complexity index is 1060. The van der Waals surface area contributed by atoms with Crippen molar-refractivity contribution in [1.82, 2.24) is 24.9 Å². The summed E-state index contributed by atoms with van der Waals surface area (Å²) in [5.74, 6) is 2.32. The van der Waals surface area contributed by atoms with Crippen molar-refractivity contribution in [3.05, 3.63) is 35.8 Å². The minimum absolute atomic E-state index is 0.0916. The number of hydrogen-bond donors (Lipinski definition) is 2. The van der Waals surface area contributed by atoms with E-state index < -0.39 is 0 Å². The largest absolute Gasteiger partial charge is 0.350 e. The van der Waals surface area contributed by atoms with Crippen LogP contribution in [-0.4, -0.2) is 58.3 Å². The van der Waals surface area contributed by atoms with Gasteiger partial charge in [0.2, 0.25) is 5.91 Å². The molecular formula is C28H43N5O2. The van der Waals surface area contributed by atoms with Crippen molar-refractivity contribution < 1.29 is 9.59 Å². The summed E-state index contributed by atoms with van der Waals surface area (Å²) in [6, 6.07) is 5.89. The first kappa shape index (κ1) is 25.7. The van der Waals surface area contributed by atoms with E-state index in [2.05, 4.69) is 57.2 Å². The molecule has 0 spiro atoms. The molecule has 2 aromatic heterocycles. The molecule has 0 unspecified atom stereocenters. The maximum atomic E-state index is 13.1. The molecule has 0 aromatic carbocycles. The van der Waals surface area contributed by atoms with E-state index in [1.165, 1.54) is 12.8 Å². The van der Waals surface area contributed by atoms with Crippen LogP contribution in [0.3, 0.4) is 0 Å². The maximum absolute atomic E-state index is 13.1. The number of fused-ring (bicyclic) bond motifs is 1. The summed E-state index contributed by atoms with van der Waals surface area (Å²) < 4.78 is 1.82. The van der Waals surface area contributed by atoms with Gasteiger partial charge in [0.15, 0.2) is 0 Å². The third-order valence-corrected chi connectivity index (χ3v) is 8.78. The minimum Gasteiger partial charge on any atom is -0.350 e. The Morgan fingerprint density at radius 1 is 1.26 bits per heavy atom. The fraction of sp³-hybridized carbons (Fsp3) is 0.679. The summed E-state index contributed by atoms with van der Waals surface area (Å²) in [6.45, 7) is 16.5. The Kier molecular flexibility index (Phi) is 7.55. The molecule has 2 N–H and O–H groups in total. The van der Waals surface area contributed by atoms with Crippen LogP contribution in [0, 0.1) is 29.1 Å². The first-order valence-electron chi connectivity index (χ1n) is 13.4. The lowest BCUT2D eigenvalue weighted by molar-refractivity contribution is -0.131. The lowest BCUT2D eigenvalue weighted by Crippen LogP contribution is -2.54. The summed E-state index contributed by atoms with van der Waals surface area (Å²) in [5.41, 5.74) is 2.29. The van der Waals surface area contributed by atoms with Crippen molar-refractivity contribution in [3.8, 4) is 0 Å². The molecule has 192 valence electrons. The average Bonchev–Trinajstić information content (AvgIpc) is 3.24. The van der Waals surface area contributed by atoms with E-state index in [1.807, 2.05) is 33.7 Å². The third kappa shape index (κ3) is 5.25. The van der Waals surface area contributed by atoms with E-state index in [9.17, 15) is 9.59 Å². The maximum Gasteiger partial charge on any atom is 0.268 e. The minimum atomic E-state index is -0.0937. The van der Waals surface area contributed by atoms with Crippen LogP contribution < -0.4 is 10.6 Å². The lowest BCUT2D eigenvalue weighted by Gasteiger charge is -2.55. The molecule has 1 saturated carbocycles. The number of pyridine rings is 1. The number of rotatable bonds is 8. The van der Waals surface area contributed by atoms with Crippen molar-refractivity contribution in [2.75, 3.05) is 26.2 Å². The van der Waals surface area contributed by atoms with Crippen LogP contribution in [0.15, 0.2) is 24.4 Å². The van der Waals surface area contributed by atoms with Gasteiger partial charge in [-0.25, -0.2) is 4.98 Å². The Labute approximate surface area is 210 Å². The highest BCUT2D eigenvalue weighted by molar-refractivity contribution is 5.93. The number of aromatic nitrogens is 2. The normalized spacial score (nSPS) is 24.9. The molecule has 3 heterocycles. The first-order valence-corrected chi connectivity index (χ1v) is 13.4. The molecular weight excluding hydrogens is 438 g/mol. The number of carbonyl (C=O) groups is 2. The van der Waals surface area contributed by atoms with Crippen molar-refractivity contribution in [2.45, 2.75) is 66.8 Å².